The SMILES string of the molecule is COc1cccc(CN(C)C(=O)CSc2c(Cl)cccc2Cl)c1. The van der Waals surface area contributed by atoms with E-state index in [-0.39, 0.29) is 11.7 Å². The largest absolute Gasteiger partial charge is 0.497 e. The van der Waals surface area contributed by atoms with Crippen LogP contribution in [0.2, 0.25) is 10.0 Å². The maximum Gasteiger partial charge on any atom is 0.232 e. The molecule has 3 nitrogen and oxygen atoms in total. The Kier molecular flexibility index (Phi) is 6.63. The van der Waals surface area contributed by atoms with Crippen molar-refractivity contribution in [2.75, 3.05) is 19.9 Å². The van der Waals surface area contributed by atoms with Gasteiger partial charge in [-0.25, -0.2) is 0 Å². The Morgan fingerprint density at radius 1 is 1.17 bits per heavy atom. The summed E-state index contributed by atoms with van der Waals surface area (Å²) in [4.78, 5) is 14.7. The number of carbonyl (C=O) groups excluding carboxylic acids is 1. The summed E-state index contributed by atoms with van der Waals surface area (Å²) in [6.07, 6.45) is 0. The number of hydrogen-bond acceptors (Lipinski definition) is 3. The Labute approximate surface area is 150 Å². The molecule has 0 bridgehead atoms. The van der Waals surface area contributed by atoms with E-state index >= 15 is 0 Å². The second kappa shape index (κ2) is 8.48. The number of amides is 1. The summed E-state index contributed by atoms with van der Waals surface area (Å²) in [5.41, 5.74) is 1.01. The van der Waals surface area contributed by atoms with Crippen LogP contribution in [0.1, 0.15) is 5.56 Å². The van der Waals surface area contributed by atoms with Crippen molar-refractivity contribution in [1.82, 2.24) is 4.90 Å². The van der Waals surface area contributed by atoms with E-state index in [9.17, 15) is 4.79 Å². The molecular weight excluding hydrogens is 353 g/mol. The van der Waals surface area contributed by atoms with Crippen molar-refractivity contribution in [3.63, 3.8) is 0 Å². The van der Waals surface area contributed by atoms with Crippen LogP contribution in [0.3, 0.4) is 0 Å². The highest BCUT2D eigenvalue weighted by molar-refractivity contribution is 8.00. The number of nitrogens with zero attached hydrogens (tertiary/aromatic N) is 1. The van der Waals surface area contributed by atoms with Crippen LogP contribution in [0.5, 0.6) is 5.75 Å². The number of benzene rings is 2. The van der Waals surface area contributed by atoms with Gasteiger partial charge in [0.05, 0.1) is 22.9 Å². The van der Waals surface area contributed by atoms with Gasteiger partial charge >= 0.3 is 0 Å². The monoisotopic (exact) mass is 369 g/mol. The highest BCUT2D eigenvalue weighted by Gasteiger charge is 2.13. The first-order valence-corrected chi connectivity index (χ1v) is 8.69. The lowest BCUT2D eigenvalue weighted by Crippen LogP contribution is -2.27. The van der Waals surface area contributed by atoms with Crippen molar-refractivity contribution in [3.8, 4) is 5.75 Å². The van der Waals surface area contributed by atoms with E-state index in [0.29, 0.717) is 16.6 Å². The third kappa shape index (κ3) is 5.06. The molecular formula is C17H17Cl2NO2S. The Morgan fingerprint density at radius 2 is 1.83 bits per heavy atom. The average molecular weight is 370 g/mol. The van der Waals surface area contributed by atoms with Crippen LogP contribution < -0.4 is 4.74 Å². The third-order valence-corrected chi connectivity index (χ3v) is 5.21. The van der Waals surface area contributed by atoms with E-state index in [1.165, 1.54) is 11.8 Å². The molecule has 2 aromatic rings. The van der Waals surface area contributed by atoms with Gasteiger partial charge in [-0.05, 0) is 29.8 Å². The van der Waals surface area contributed by atoms with Crippen LogP contribution >= 0.6 is 35.0 Å². The molecule has 0 aliphatic carbocycles. The van der Waals surface area contributed by atoms with Crippen LogP contribution in [0, 0.1) is 0 Å². The lowest BCUT2D eigenvalue weighted by molar-refractivity contribution is -0.127. The number of thioether (sulfide) groups is 1. The fourth-order valence-electron chi connectivity index (χ4n) is 2.00. The van der Waals surface area contributed by atoms with Crippen LogP contribution in [0.25, 0.3) is 0 Å². The van der Waals surface area contributed by atoms with Crippen molar-refractivity contribution >= 4 is 40.9 Å². The number of ether oxygens (including phenoxy) is 1. The molecule has 0 spiro atoms. The molecule has 122 valence electrons. The first kappa shape index (κ1) is 18.0. The molecule has 0 aromatic heterocycles. The van der Waals surface area contributed by atoms with Gasteiger partial charge in [-0.15, -0.1) is 11.8 Å². The smallest absolute Gasteiger partial charge is 0.232 e. The molecule has 23 heavy (non-hydrogen) atoms. The normalized spacial score (nSPS) is 10.4. The Bertz CT molecular complexity index is 674. The van der Waals surface area contributed by atoms with Gasteiger partial charge in [0.1, 0.15) is 5.75 Å². The summed E-state index contributed by atoms with van der Waals surface area (Å²) in [7, 11) is 3.40. The summed E-state index contributed by atoms with van der Waals surface area (Å²) in [5.74, 6) is 1.07. The predicted octanol–water partition coefficient (Wildman–Crippen LogP) is 4.75. The molecule has 0 saturated heterocycles. The molecule has 2 aromatic carbocycles. The summed E-state index contributed by atoms with van der Waals surface area (Å²) in [5, 5.41) is 1.12. The van der Waals surface area contributed by atoms with E-state index in [4.69, 9.17) is 27.9 Å². The highest BCUT2D eigenvalue weighted by Crippen LogP contribution is 2.33. The lowest BCUT2D eigenvalue weighted by atomic mass is 10.2. The predicted molar refractivity (Wildman–Crippen MR) is 96.7 cm³/mol. The molecule has 0 aliphatic heterocycles. The van der Waals surface area contributed by atoms with Gasteiger partial charge in [0, 0.05) is 18.5 Å². The van der Waals surface area contributed by atoms with E-state index in [1.807, 2.05) is 24.3 Å². The molecule has 0 aliphatic rings. The number of halogens is 2. The topological polar surface area (TPSA) is 29.5 Å². The first-order valence-electron chi connectivity index (χ1n) is 6.95. The van der Waals surface area contributed by atoms with Crippen molar-refractivity contribution < 1.29 is 9.53 Å². The minimum Gasteiger partial charge on any atom is -0.497 e. The van der Waals surface area contributed by atoms with Crippen LogP contribution in [0.15, 0.2) is 47.4 Å². The molecule has 0 fully saturated rings. The molecule has 0 heterocycles. The van der Waals surface area contributed by atoms with Gasteiger partial charge in [-0.1, -0.05) is 41.4 Å². The zero-order valence-corrected chi connectivity index (χ0v) is 15.2. The van der Waals surface area contributed by atoms with Gasteiger partial charge < -0.3 is 9.64 Å². The molecule has 6 heteroatoms. The van der Waals surface area contributed by atoms with Gasteiger partial charge in [0.15, 0.2) is 0 Å². The molecule has 0 N–H and O–H groups in total. The number of carbonyl (C=O) groups is 1. The number of methoxy groups -OCH3 is 1. The highest BCUT2D eigenvalue weighted by atomic mass is 35.5. The maximum absolute atomic E-state index is 12.3. The average Bonchev–Trinajstić information content (AvgIpc) is 2.54. The van der Waals surface area contributed by atoms with Crippen molar-refractivity contribution in [2.45, 2.75) is 11.4 Å². The van der Waals surface area contributed by atoms with E-state index in [1.54, 1.807) is 37.3 Å². The standard InChI is InChI=1S/C17H17Cl2NO2S/c1-20(10-12-5-3-6-13(9-12)22-2)16(21)11-23-17-14(18)7-4-8-15(17)19/h3-9H,10-11H2,1-2H3. The quantitative estimate of drug-likeness (QED) is 0.687. The molecule has 0 unspecified atom stereocenters. The maximum atomic E-state index is 12.3. The van der Waals surface area contributed by atoms with Gasteiger partial charge in [0.2, 0.25) is 5.91 Å². The Hall–Kier alpha value is -1.36. The van der Waals surface area contributed by atoms with Crippen LogP contribution in [-0.2, 0) is 11.3 Å². The van der Waals surface area contributed by atoms with Crippen molar-refractivity contribution in [3.05, 3.63) is 58.1 Å². The van der Waals surface area contributed by atoms with E-state index in [2.05, 4.69) is 0 Å². The second-order valence-electron chi connectivity index (χ2n) is 4.94. The molecule has 0 saturated carbocycles. The summed E-state index contributed by atoms with van der Waals surface area (Å²) in [6, 6.07) is 13.0. The van der Waals surface area contributed by atoms with Crippen LogP contribution in [0.4, 0.5) is 0 Å². The molecule has 1 amide bonds. The fourth-order valence-corrected chi connectivity index (χ4v) is 3.62. The van der Waals surface area contributed by atoms with Crippen molar-refractivity contribution in [1.29, 1.82) is 0 Å². The van der Waals surface area contributed by atoms with Gasteiger partial charge in [-0.2, -0.15) is 0 Å². The zero-order valence-electron chi connectivity index (χ0n) is 12.9. The molecule has 0 radical (unpaired) electrons. The number of hydrogen-bond donors (Lipinski definition) is 0. The minimum atomic E-state index is 0.00815. The van der Waals surface area contributed by atoms with Crippen molar-refractivity contribution in [2.24, 2.45) is 0 Å². The zero-order chi connectivity index (χ0) is 16.8. The summed E-state index contributed by atoms with van der Waals surface area (Å²) < 4.78 is 5.19. The fraction of sp³-hybridized carbons (Fsp3) is 0.235. The van der Waals surface area contributed by atoms with E-state index in [0.717, 1.165) is 16.2 Å². The third-order valence-electron chi connectivity index (χ3n) is 3.24. The Morgan fingerprint density at radius 3 is 2.48 bits per heavy atom. The van der Waals surface area contributed by atoms with Crippen LogP contribution in [-0.4, -0.2) is 30.7 Å². The summed E-state index contributed by atoms with van der Waals surface area (Å²) >= 11 is 13.6. The second-order valence-corrected chi connectivity index (χ2v) is 6.74. The summed E-state index contributed by atoms with van der Waals surface area (Å²) in [6.45, 7) is 0.521. The molecule has 2 rings (SSSR count). The van der Waals surface area contributed by atoms with E-state index < -0.39 is 0 Å². The Balaban J connectivity index is 1.95. The number of rotatable bonds is 6. The lowest BCUT2D eigenvalue weighted by Gasteiger charge is -2.18. The van der Waals surface area contributed by atoms with Gasteiger partial charge in [0.25, 0.3) is 0 Å². The van der Waals surface area contributed by atoms with Gasteiger partial charge in [-0.3, -0.25) is 4.79 Å². The molecule has 0 atom stereocenters. The minimum absolute atomic E-state index is 0.00815. The first-order chi connectivity index (χ1) is 11.0.